The summed E-state index contributed by atoms with van der Waals surface area (Å²) in [5, 5.41) is 9.60. The number of aliphatic hydroxyl groups excluding tert-OH is 1. The first kappa shape index (κ1) is 14.4. The van der Waals surface area contributed by atoms with Gasteiger partial charge in [-0.3, -0.25) is 0 Å². The number of halogens is 2. The molecule has 21 heavy (non-hydrogen) atoms. The molecule has 2 N–H and O–H groups in total. The van der Waals surface area contributed by atoms with Crippen LogP contribution in [0, 0.1) is 16.4 Å². The van der Waals surface area contributed by atoms with Gasteiger partial charge in [0.05, 0.1) is 11.8 Å². The van der Waals surface area contributed by atoms with Gasteiger partial charge >= 0.3 is 0 Å². The van der Waals surface area contributed by atoms with Crippen molar-refractivity contribution in [3.05, 3.63) is 51.6 Å². The molecule has 0 aliphatic heterocycles. The van der Waals surface area contributed by atoms with Crippen molar-refractivity contribution in [3.8, 4) is 0 Å². The smallest absolute Gasteiger partial charge is 0.177 e. The molecule has 112 valence electrons. The Hall–Kier alpha value is -1.53. The lowest BCUT2D eigenvalue weighted by molar-refractivity contribution is 0.194. The van der Waals surface area contributed by atoms with Crippen LogP contribution in [-0.2, 0) is 12.8 Å². The number of benzene rings is 1. The van der Waals surface area contributed by atoms with Crippen LogP contribution in [-0.4, -0.2) is 14.7 Å². The van der Waals surface area contributed by atoms with E-state index >= 15 is 0 Å². The van der Waals surface area contributed by atoms with Gasteiger partial charge in [-0.05, 0) is 55.6 Å². The molecule has 0 saturated heterocycles. The highest BCUT2D eigenvalue weighted by molar-refractivity contribution is 7.71. The van der Waals surface area contributed by atoms with E-state index in [1.54, 1.807) is 13.1 Å². The minimum atomic E-state index is -0.626. The van der Waals surface area contributed by atoms with E-state index in [0.29, 0.717) is 34.4 Å². The van der Waals surface area contributed by atoms with E-state index in [1.165, 1.54) is 6.07 Å². The lowest BCUT2D eigenvalue weighted by atomic mass is 9.87. The van der Waals surface area contributed by atoms with Gasteiger partial charge in [0.2, 0.25) is 0 Å². The molecule has 0 bridgehead atoms. The molecule has 2 aromatic rings. The Kier molecular flexibility index (Phi) is 3.67. The van der Waals surface area contributed by atoms with Crippen molar-refractivity contribution in [2.24, 2.45) is 0 Å². The molecule has 0 spiro atoms. The van der Waals surface area contributed by atoms with Gasteiger partial charge in [-0.2, -0.15) is 0 Å². The second kappa shape index (κ2) is 5.35. The Balaban J connectivity index is 1.95. The van der Waals surface area contributed by atoms with Crippen molar-refractivity contribution in [1.29, 1.82) is 0 Å². The van der Waals surface area contributed by atoms with Crippen molar-refractivity contribution in [2.75, 3.05) is 0 Å². The third kappa shape index (κ3) is 2.65. The Morgan fingerprint density at radius 3 is 2.86 bits per heavy atom. The maximum absolute atomic E-state index is 13.7. The molecule has 1 aromatic carbocycles. The molecule has 2 atom stereocenters. The average Bonchev–Trinajstić information content (AvgIpc) is 2.80. The lowest BCUT2D eigenvalue weighted by Crippen LogP contribution is -2.19. The molecular weight excluding hydrogens is 294 g/mol. The van der Waals surface area contributed by atoms with E-state index in [2.05, 4.69) is 4.98 Å². The number of imidazole rings is 1. The summed E-state index contributed by atoms with van der Waals surface area (Å²) >= 11 is 5.27. The zero-order valence-electron chi connectivity index (χ0n) is 11.6. The fourth-order valence-electron chi connectivity index (χ4n) is 2.94. The van der Waals surface area contributed by atoms with Crippen LogP contribution in [0.4, 0.5) is 8.78 Å². The number of aromatic amines is 1. The second-order valence-electron chi connectivity index (χ2n) is 5.52. The molecule has 1 aromatic heterocycles. The van der Waals surface area contributed by atoms with E-state index in [9.17, 15) is 13.9 Å². The first-order valence-corrected chi connectivity index (χ1v) is 7.32. The van der Waals surface area contributed by atoms with E-state index < -0.39 is 17.7 Å². The van der Waals surface area contributed by atoms with Gasteiger partial charge in [-0.1, -0.05) is 0 Å². The number of fused-ring (bicyclic) bond motifs is 1. The topological polar surface area (TPSA) is 41.0 Å². The molecular formula is C15H16F2N2OS. The van der Waals surface area contributed by atoms with E-state index in [4.69, 9.17) is 12.2 Å². The first-order valence-electron chi connectivity index (χ1n) is 6.91. The number of H-pyrrole nitrogens is 1. The Labute approximate surface area is 126 Å². The van der Waals surface area contributed by atoms with Crippen LogP contribution >= 0.6 is 12.2 Å². The summed E-state index contributed by atoms with van der Waals surface area (Å²) < 4.78 is 29.5. The van der Waals surface area contributed by atoms with Gasteiger partial charge < -0.3 is 14.7 Å². The normalized spacial score (nSPS) is 19.3. The lowest BCUT2D eigenvalue weighted by Gasteiger charge is -2.26. The molecule has 3 nitrogen and oxygen atoms in total. The minimum absolute atomic E-state index is 0.0509. The van der Waals surface area contributed by atoms with Crippen molar-refractivity contribution in [3.63, 3.8) is 0 Å². The summed E-state index contributed by atoms with van der Waals surface area (Å²) in [5.74, 6) is -1.01. The number of nitrogens with one attached hydrogen (secondary N) is 1. The van der Waals surface area contributed by atoms with Crippen molar-refractivity contribution in [2.45, 2.75) is 38.3 Å². The first-order chi connectivity index (χ1) is 9.95. The zero-order chi connectivity index (χ0) is 15.1. The van der Waals surface area contributed by atoms with E-state index in [-0.39, 0.29) is 6.04 Å². The summed E-state index contributed by atoms with van der Waals surface area (Å²) in [4.78, 5) is 2.97. The van der Waals surface area contributed by atoms with E-state index in [0.717, 1.165) is 12.5 Å². The van der Waals surface area contributed by atoms with Gasteiger partial charge in [-0.25, -0.2) is 8.78 Å². The average molecular weight is 310 g/mol. The monoisotopic (exact) mass is 310 g/mol. The van der Waals surface area contributed by atoms with Gasteiger partial charge in [0, 0.05) is 18.3 Å². The molecule has 1 aliphatic carbocycles. The van der Waals surface area contributed by atoms with Crippen LogP contribution in [0.25, 0.3) is 0 Å². The third-order valence-electron chi connectivity index (χ3n) is 4.04. The summed E-state index contributed by atoms with van der Waals surface area (Å²) in [6.45, 7) is 1.66. The Morgan fingerprint density at radius 2 is 2.19 bits per heavy atom. The van der Waals surface area contributed by atoms with Crippen molar-refractivity contribution in [1.82, 2.24) is 9.55 Å². The van der Waals surface area contributed by atoms with Crippen LogP contribution in [0.5, 0.6) is 0 Å². The molecule has 1 unspecified atom stereocenters. The number of aliphatic hydroxyl groups is 1. The SMILES string of the molecule is CC(O)c1cn([C@H]2CCc3c(F)cc(F)cc3C2)c(=S)[nH]1. The fourth-order valence-corrected chi connectivity index (χ4v) is 3.26. The van der Waals surface area contributed by atoms with E-state index in [1.807, 2.05) is 4.57 Å². The number of nitrogens with zero attached hydrogens (tertiary/aromatic N) is 1. The van der Waals surface area contributed by atoms with Gasteiger partial charge in [0.1, 0.15) is 11.6 Å². The Morgan fingerprint density at radius 1 is 1.43 bits per heavy atom. The highest BCUT2D eigenvalue weighted by Gasteiger charge is 2.24. The number of hydrogen-bond donors (Lipinski definition) is 2. The highest BCUT2D eigenvalue weighted by Crippen LogP contribution is 2.32. The number of hydrogen-bond acceptors (Lipinski definition) is 2. The summed E-state index contributed by atoms with van der Waals surface area (Å²) in [7, 11) is 0. The molecule has 0 amide bonds. The van der Waals surface area contributed by atoms with Gasteiger partial charge in [-0.15, -0.1) is 0 Å². The standard InChI is InChI=1S/C15H16F2N2OS/c1-8(20)14-7-19(15(21)18-14)11-2-3-12-9(5-11)4-10(16)6-13(12)17/h4,6-8,11,20H,2-3,5H2,1H3,(H,18,21)/t8?,11-/m0/s1. The zero-order valence-corrected chi connectivity index (χ0v) is 12.4. The summed E-state index contributed by atoms with van der Waals surface area (Å²) in [6, 6.07) is 2.39. The third-order valence-corrected chi connectivity index (χ3v) is 4.36. The second-order valence-corrected chi connectivity index (χ2v) is 5.91. The Bertz CT molecular complexity index is 736. The molecule has 0 radical (unpaired) electrons. The summed E-state index contributed by atoms with van der Waals surface area (Å²) in [5.41, 5.74) is 1.95. The number of aromatic nitrogens is 2. The van der Waals surface area contributed by atoms with Crippen LogP contribution in [0.2, 0.25) is 0 Å². The fraction of sp³-hybridized carbons (Fsp3) is 0.400. The van der Waals surface area contributed by atoms with Gasteiger partial charge in [0.15, 0.2) is 4.77 Å². The highest BCUT2D eigenvalue weighted by atomic mass is 32.1. The summed E-state index contributed by atoms with van der Waals surface area (Å²) in [6.07, 6.45) is 3.00. The number of rotatable bonds is 2. The van der Waals surface area contributed by atoms with Gasteiger partial charge in [0.25, 0.3) is 0 Å². The minimum Gasteiger partial charge on any atom is -0.387 e. The largest absolute Gasteiger partial charge is 0.387 e. The quantitative estimate of drug-likeness (QED) is 0.832. The predicted molar refractivity (Wildman–Crippen MR) is 77.7 cm³/mol. The molecule has 6 heteroatoms. The molecule has 0 fully saturated rings. The molecule has 0 saturated carbocycles. The molecule has 1 heterocycles. The van der Waals surface area contributed by atoms with Crippen LogP contribution in [0.15, 0.2) is 18.3 Å². The van der Waals surface area contributed by atoms with Crippen LogP contribution < -0.4 is 0 Å². The molecule has 1 aliphatic rings. The van der Waals surface area contributed by atoms with Crippen molar-refractivity contribution < 1.29 is 13.9 Å². The predicted octanol–water partition coefficient (Wildman–Crippen LogP) is 3.61. The maximum atomic E-state index is 13.7. The van der Waals surface area contributed by atoms with Crippen molar-refractivity contribution >= 4 is 12.2 Å². The van der Waals surface area contributed by atoms with Crippen LogP contribution in [0.1, 0.15) is 42.3 Å². The maximum Gasteiger partial charge on any atom is 0.177 e. The molecule has 3 rings (SSSR count). The van der Waals surface area contributed by atoms with Crippen LogP contribution in [0.3, 0.4) is 0 Å².